The zero-order valence-corrected chi connectivity index (χ0v) is 11.4. The average molecular weight is 254 g/mol. The van der Waals surface area contributed by atoms with Crippen LogP contribution in [0.3, 0.4) is 0 Å². The Bertz CT molecular complexity index is 379. The molecule has 0 radical (unpaired) electrons. The Balaban J connectivity index is 2.66. The molecule has 0 saturated carbocycles. The number of hydrogen-bond acceptors (Lipinski definition) is 4. The summed E-state index contributed by atoms with van der Waals surface area (Å²) in [6, 6.07) is 7.81. The predicted molar refractivity (Wildman–Crippen MR) is 69.5 cm³/mol. The summed E-state index contributed by atoms with van der Waals surface area (Å²) in [6.07, 6.45) is 0. The van der Waals surface area contributed by atoms with Gasteiger partial charge in [0, 0.05) is 10.1 Å². The molecule has 3 nitrogen and oxygen atoms in total. The average Bonchev–Trinajstić information content (AvgIpc) is 2.37. The lowest BCUT2D eigenvalue weighted by molar-refractivity contribution is -0.144. The Morgan fingerprint density at radius 1 is 1.29 bits per heavy atom. The van der Waals surface area contributed by atoms with Crippen molar-refractivity contribution in [3.05, 3.63) is 24.3 Å². The van der Waals surface area contributed by atoms with Crippen molar-refractivity contribution in [3.8, 4) is 5.75 Å². The molecule has 0 heterocycles. The minimum absolute atomic E-state index is 0.129. The normalized spacial score (nSPS) is 13.9. The number of esters is 1. The second kappa shape index (κ2) is 6.55. The standard InChI is InChI=1S/C13H18O3S/c1-9(13(14)16-4)10(2)17-12-7-5-6-11(8-12)15-3/h5-10H,1-4H3. The van der Waals surface area contributed by atoms with E-state index in [2.05, 4.69) is 0 Å². The number of carbonyl (C=O) groups excluding carboxylic acids is 1. The molecule has 0 N–H and O–H groups in total. The highest BCUT2D eigenvalue weighted by atomic mass is 32.2. The van der Waals surface area contributed by atoms with Gasteiger partial charge in [-0.2, -0.15) is 0 Å². The molecule has 0 aromatic heterocycles. The number of thioether (sulfide) groups is 1. The van der Waals surface area contributed by atoms with Crippen LogP contribution < -0.4 is 4.74 Å². The first-order valence-electron chi connectivity index (χ1n) is 5.47. The third-order valence-electron chi connectivity index (χ3n) is 2.64. The third-order valence-corrected chi connectivity index (χ3v) is 3.95. The van der Waals surface area contributed by atoms with Gasteiger partial charge in [0.1, 0.15) is 5.75 Å². The lowest BCUT2D eigenvalue weighted by Gasteiger charge is -2.17. The number of benzene rings is 1. The van der Waals surface area contributed by atoms with Crippen molar-refractivity contribution in [3.63, 3.8) is 0 Å². The molecule has 0 saturated heterocycles. The van der Waals surface area contributed by atoms with E-state index >= 15 is 0 Å². The largest absolute Gasteiger partial charge is 0.497 e. The van der Waals surface area contributed by atoms with Gasteiger partial charge in [0.25, 0.3) is 0 Å². The second-order valence-electron chi connectivity index (χ2n) is 3.81. The van der Waals surface area contributed by atoms with Crippen LogP contribution in [-0.4, -0.2) is 25.4 Å². The van der Waals surface area contributed by atoms with E-state index in [1.165, 1.54) is 7.11 Å². The summed E-state index contributed by atoms with van der Waals surface area (Å²) in [5.41, 5.74) is 0. The van der Waals surface area contributed by atoms with Gasteiger partial charge in [0.2, 0.25) is 0 Å². The molecule has 0 aliphatic rings. The molecule has 0 aliphatic heterocycles. The van der Waals surface area contributed by atoms with Crippen molar-refractivity contribution < 1.29 is 14.3 Å². The minimum Gasteiger partial charge on any atom is -0.497 e. The van der Waals surface area contributed by atoms with Gasteiger partial charge in [-0.1, -0.05) is 19.9 Å². The summed E-state index contributed by atoms with van der Waals surface area (Å²) >= 11 is 1.64. The zero-order valence-electron chi connectivity index (χ0n) is 10.6. The topological polar surface area (TPSA) is 35.5 Å². The molecule has 2 unspecified atom stereocenters. The first-order valence-corrected chi connectivity index (χ1v) is 6.35. The van der Waals surface area contributed by atoms with Crippen LogP contribution in [0.2, 0.25) is 0 Å². The molecule has 1 aromatic rings. The molecule has 0 spiro atoms. The summed E-state index contributed by atoms with van der Waals surface area (Å²) in [5, 5.41) is 0.162. The van der Waals surface area contributed by atoms with E-state index < -0.39 is 0 Å². The maximum atomic E-state index is 11.4. The minimum atomic E-state index is -0.173. The van der Waals surface area contributed by atoms with Crippen LogP contribution in [0.4, 0.5) is 0 Å². The quantitative estimate of drug-likeness (QED) is 0.598. The number of ether oxygens (including phenoxy) is 2. The van der Waals surface area contributed by atoms with Crippen LogP contribution >= 0.6 is 11.8 Å². The fourth-order valence-electron chi connectivity index (χ4n) is 1.37. The molecule has 0 amide bonds. The highest BCUT2D eigenvalue weighted by molar-refractivity contribution is 8.00. The van der Waals surface area contributed by atoms with Crippen molar-refractivity contribution in [1.82, 2.24) is 0 Å². The predicted octanol–water partition coefficient (Wildman–Crippen LogP) is 2.98. The fourth-order valence-corrected chi connectivity index (χ4v) is 2.45. The van der Waals surface area contributed by atoms with Gasteiger partial charge in [-0.05, 0) is 18.2 Å². The molecule has 4 heteroatoms. The van der Waals surface area contributed by atoms with Crippen molar-refractivity contribution in [2.24, 2.45) is 5.92 Å². The van der Waals surface area contributed by atoms with Crippen molar-refractivity contribution in [1.29, 1.82) is 0 Å². The molecule has 0 aliphatic carbocycles. The molecule has 1 rings (SSSR count). The molecular formula is C13H18O3S. The smallest absolute Gasteiger partial charge is 0.309 e. The summed E-state index contributed by atoms with van der Waals surface area (Å²) in [4.78, 5) is 12.5. The van der Waals surface area contributed by atoms with Gasteiger partial charge in [-0.15, -0.1) is 11.8 Å². The van der Waals surface area contributed by atoms with E-state index in [-0.39, 0.29) is 17.1 Å². The number of rotatable bonds is 5. The van der Waals surface area contributed by atoms with Crippen molar-refractivity contribution >= 4 is 17.7 Å². The van der Waals surface area contributed by atoms with E-state index in [1.54, 1.807) is 18.9 Å². The SMILES string of the molecule is COC(=O)C(C)C(C)Sc1cccc(OC)c1. The Labute approximate surface area is 106 Å². The first kappa shape index (κ1) is 13.9. The number of hydrogen-bond donors (Lipinski definition) is 0. The second-order valence-corrected chi connectivity index (χ2v) is 5.26. The van der Waals surface area contributed by atoms with Crippen LogP contribution in [0, 0.1) is 5.92 Å². The maximum absolute atomic E-state index is 11.4. The highest BCUT2D eigenvalue weighted by Gasteiger charge is 2.21. The molecular weight excluding hydrogens is 236 g/mol. The Morgan fingerprint density at radius 2 is 2.00 bits per heavy atom. The summed E-state index contributed by atoms with van der Waals surface area (Å²) in [5.74, 6) is 0.525. The van der Waals surface area contributed by atoms with Gasteiger partial charge >= 0.3 is 5.97 Å². The first-order chi connectivity index (χ1) is 8.08. The molecule has 17 heavy (non-hydrogen) atoms. The van der Waals surface area contributed by atoms with E-state index in [9.17, 15) is 4.79 Å². The van der Waals surface area contributed by atoms with Gasteiger partial charge in [0.05, 0.1) is 20.1 Å². The van der Waals surface area contributed by atoms with Crippen LogP contribution in [0.1, 0.15) is 13.8 Å². The fraction of sp³-hybridized carbons (Fsp3) is 0.462. The molecule has 0 bridgehead atoms. The maximum Gasteiger partial charge on any atom is 0.309 e. The van der Waals surface area contributed by atoms with Gasteiger partial charge in [-0.3, -0.25) is 4.79 Å². The lowest BCUT2D eigenvalue weighted by Crippen LogP contribution is -2.21. The van der Waals surface area contributed by atoms with Gasteiger partial charge < -0.3 is 9.47 Å². The van der Waals surface area contributed by atoms with Crippen LogP contribution in [0.5, 0.6) is 5.75 Å². The van der Waals surface area contributed by atoms with Crippen LogP contribution in [0.15, 0.2) is 29.2 Å². The van der Waals surface area contributed by atoms with Crippen LogP contribution in [0.25, 0.3) is 0 Å². The van der Waals surface area contributed by atoms with Gasteiger partial charge in [-0.25, -0.2) is 0 Å². The van der Waals surface area contributed by atoms with Crippen LogP contribution in [-0.2, 0) is 9.53 Å². The summed E-state index contributed by atoms with van der Waals surface area (Å²) in [7, 11) is 3.06. The van der Waals surface area contributed by atoms with E-state index in [1.807, 2.05) is 38.1 Å². The molecule has 2 atom stereocenters. The molecule has 0 fully saturated rings. The van der Waals surface area contributed by atoms with Crippen molar-refractivity contribution in [2.75, 3.05) is 14.2 Å². The van der Waals surface area contributed by atoms with E-state index in [4.69, 9.17) is 9.47 Å². The Kier molecular flexibility index (Phi) is 5.35. The number of carbonyl (C=O) groups is 1. The summed E-state index contributed by atoms with van der Waals surface area (Å²) < 4.78 is 9.90. The van der Waals surface area contributed by atoms with Crippen molar-refractivity contribution in [2.45, 2.75) is 24.0 Å². The van der Waals surface area contributed by atoms with E-state index in [0.29, 0.717) is 0 Å². The molecule has 94 valence electrons. The lowest BCUT2D eigenvalue weighted by atomic mass is 10.1. The Hall–Kier alpha value is -1.16. The number of methoxy groups -OCH3 is 2. The third kappa shape index (κ3) is 3.97. The summed E-state index contributed by atoms with van der Waals surface area (Å²) in [6.45, 7) is 3.90. The Morgan fingerprint density at radius 3 is 2.59 bits per heavy atom. The van der Waals surface area contributed by atoms with Gasteiger partial charge in [0.15, 0.2) is 0 Å². The monoisotopic (exact) mass is 254 g/mol. The highest BCUT2D eigenvalue weighted by Crippen LogP contribution is 2.30. The molecule has 1 aromatic carbocycles. The zero-order chi connectivity index (χ0) is 12.8. The van der Waals surface area contributed by atoms with E-state index in [0.717, 1.165) is 10.6 Å².